The van der Waals surface area contributed by atoms with E-state index in [-0.39, 0.29) is 19.0 Å². The van der Waals surface area contributed by atoms with Gasteiger partial charge in [0, 0.05) is 4.75 Å². The van der Waals surface area contributed by atoms with Crippen LogP contribution in [0.25, 0.3) is 0 Å². The van der Waals surface area contributed by atoms with Gasteiger partial charge in [0.1, 0.15) is 42.5 Å². The number of benzene rings is 3. The van der Waals surface area contributed by atoms with Crippen molar-refractivity contribution in [1.82, 2.24) is 15.5 Å². The number of nitrogens with one attached hydrogen (secondary N) is 2. The normalized spacial score (nSPS) is 20.2. The van der Waals surface area contributed by atoms with Crippen LogP contribution in [0.3, 0.4) is 0 Å². The molecular weight excluding hydrogens is 602 g/mol. The Morgan fingerprint density at radius 3 is 2.04 bits per heavy atom. The van der Waals surface area contributed by atoms with Crippen LogP contribution in [-0.2, 0) is 37.1 Å². The molecular formula is C32H31N3O9S. The van der Waals surface area contributed by atoms with Gasteiger partial charge in [0.2, 0.25) is 11.8 Å². The summed E-state index contributed by atoms with van der Waals surface area (Å²) in [5.41, 5.74) is 1.83. The maximum Gasteiger partial charge on any atom is 0.514 e. The number of fused-ring (bicyclic) bond motifs is 1. The van der Waals surface area contributed by atoms with Crippen molar-refractivity contribution in [2.24, 2.45) is 0 Å². The third-order valence-electron chi connectivity index (χ3n) is 7.32. The van der Waals surface area contributed by atoms with Crippen LogP contribution in [0.4, 0.5) is 9.59 Å². The number of aliphatic carboxylic acids is 1. The summed E-state index contributed by atoms with van der Waals surface area (Å²) in [5.74, 6) is -2.23. The second kappa shape index (κ2) is 13.3. The van der Waals surface area contributed by atoms with Crippen LogP contribution in [0.1, 0.15) is 36.6 Å². The molecule has 3 amide bonds. The predicted molar refractivity (Wildman–Crippen MR) is 162 cm³/mol. The molecule has 2 aliphatic heterocycles. The average Bonchev–Trinajstić information content (AvgIpc) is 3.29. The molecule has 3 N–H and O–H groups in total. The van der Waals surface area contributed by atoms with E-state index in [2.05, 4.69) is 10.6 Å². The van der Waals surface area contributed by atoms with Crippen LogP contribution in [0.2, 0.25) is 0 Å². The third kappa shape index (κ3) is 7.20. The van der Waals surface area contributed by atoms with Gasteiger partial charge in [-0.15, -0.1) is 11.8 Å². The standard InChI is InChI=1S/C32H31N3O9S/c1-32(2)25(29(38)39)35-27(37)24(28(35)45-32)33-26(36)23(34-30(40)42-17-19-9-5-3-6-10-19)21-13-15-22(16-14-21)44-31(41)43-18-20-11-7-4-8-12-20/h3-16,23-25,28H,17-18H2,1-2H3,(H,33,36)(H,34,40)(H,38,39)/t23?,24?,25-,28+/m0/s1. The summed E-state index contributed by atoms with van der Waals surface area (Å²) in [4.78, 5) is 64.6. The van der Waals surface area contributed by atoms with E-state index in [9.17, 15) is 29.1 Å². The zero-order valence-corrected chi connectivity index (χ0v) is 25.2. The smallest absolute Gasteiger partial charge is 0.480 e. The van der Waals surface area contributed by atoms with Crippen molar-refractivity contribution in [2.45, 2.75) is 55.3 Å². The van der Waals surface area contributed by atoms with Crippen LogP contribution >= 0.6 is 11.8 Å². The number of thioether (sulfide) groups is 1. The van der Waals surface area contributed by atoms with Gasteiger partial charge in [-0.05, 0) is 42.7 Å². The molecule has 2 unspecified atom stereocenters. The first-order valence-corrected chi connectivity index (χ1v) is 14.9. The molecule has 3 aromatic rings. The Labute approximate surface area is 263 Å². The van der Waals surface area contributed by atoms with Crippen molar-refractivity contribution < 1.29 is 43.3 Å². The lowest BCUT2D eigenvalue weighted by molar-refractivity contribution is -0.161. The Morgan fingerprint density at radius 2 is 1.47 bits per heavy atom. The van der Waals surface area contributed by atoms with E-state index in [1.165, 1.54) is 40.9 Å². The largest absolute Gasteiger partial charge is 0.514 e. The number of carbonyl (C=O) groups is 5. The number of ether oxygens (including phenoxy) is 3. The van der Waals surface area contributed by atoms with Gasteiger partial charge in [0.05, 0.1) is 0 Å². The lowest BCUT2D eigenvalue weighted by atomic mass is 9.95. The fraction of sp³-hybridized carbons (Fsp3) is 0.281. The highest BCUT2D eigenvalue weighted by molar-refractivity contribution is 8.01. The van der Waals surface area contributed by atoms with E-state index < -0.39 is 58.3 Å². The van der Waals surface area contributed by atoms with Gasteiger partial charge < -0.3 is 34.9 Å². The highest BCUT2D eigenvalue weighted by atomic mass is 32.2. The van der Waals surface area contributed by atoms with Gasteiger partial charge >= 0.3 is 18.2 Å². The van der Waals surface area contributed by atoms with E-state index in [4.69, 9.17) is 14.2 Å². The lowest BCUT2D eigenvalue weighted by Gasteiger charge is -2.44. The number of hydrogen-bond acceptors (Lipinski definition) is 9. The van der Waals surface area contributed by atoms with Gasteiger partial charge in [0.25, 0.3) is 0 Å². The van der Waals surface area contributed by atoms with E-state index in [0.717, 1.165) is 11.1 Å². The molecule has 2 aliphatic rings. The predicted octanol–water partition coefficient (Wildman–Crippen LogP) is 4.00. The molecule has 2 fully saturated rings. The lowest BCUT2D eigenvalue weighted by Crippen LogP contribution is -2.71. The Kier molecular flexibility index (Phi) is 9.28. The maximum absolute atomic E-state index is 13.6. The van der Waals surface area contributed by atoms with Gasteiger partial charge in [-0.1, -0.05) is 72.8 Å². The van der Waals surface area contributed by atoms with Crippen molar-refractivity contribution in [1.29, 1.82) is 0 Å². The maximum atomic E-state index is 13.6. The minimum Gasteiger partial charge on any atom is -0.480 e. The number of carboxylic acids is 1. The summed E-state index contributed by atoms with van der Waals surface area (Å²) in [6.45, 7) is 3.44. The van der Waals surface area contributed by atoms with Gasteiger partial charge in [0.15, 0.2) is 0 Å². The first-order chi connectivity index (χ1) is 21.5. The van der Waals surface area contributed by atoms with Crippen LogP contribution in [-0.4, -0.2) is 62.2 Å². The molecule has 5 rings (SSSR count). The average molecular weight is 634 g/mol. The number of amides is 3. The fourth-order valence-corrected chi connectivity index (χ4v) is 6.76. The van der Waals surface area contributed by atoms with E-state index in [1.807, 2.05) is 24.3 Å². The van der Waals surface area contributed by atoms with Crippen molar-refractivity contribution in [2.75, 3.05) is 0 Å². The molecule has 0 radical (unpaired) electrons. The SMILES string of the molecule is CC1(C)S[C@@H]2C(NC(=O)C(NC(=O)OCc3ccccc3)c3ccc(OC(=O)OCc4ccccc4)cc3)C(=O)N2[C@H]1C(=O)O. The highest BCUT2D eigenvalue weighted by Gasteiger charge is 2.64. The first kappa shape index (κ1) is 31.4. The van der Waals surface area contributed by atoms with Crippen molar-refractivity contribution >= 4 is 41.8 Å². The molecule has 0 bridgehead atoms. The molecule has 0 aliphatic carbocycles. The molecule has 12 nitrogen and oxygen atoms in total. The number of carboxylic acid groups (broad SMARTS) is 1. The quantitative estimate of drug-likeness (QED) is 0.169. The summed E-state index contributed by atoms with van der Waals surface area (Å²) in [5, 5.41) is 14.3. The molecule has 0 aromatic heterocycles. The molecule has 0 saturated carbocycles. The molecule has 0 spiro atoms. The molecule has 234 valence electrons. The van der Waals surface area contributed by atoms with Crippen molar-refractivity contribution in [3.8, 4) is 5.75 Å². The second-order valence-electron chi connectivity index (χ2n) is 10.9. The fourth-order valence-electron chi connectivity index (χ4n) is 5.14. The summed E-state index contributed by atoms with van der Waals surface area (Å²) in [6.07, 6.45) is -1.80. The summed E-state index contributed by atoms with van der Waals surface area (Å²) < 4.78 is 14.9. The van der Waals surface area contributed by atoms with Gasteiger partial charge in [-0.25, -0.2) is 14.4 Å². The van der Waals surface area contributed by atoms with E-state index in [1.54, 1.807) is 50.2 Å². The topological polar surface area (TPSA) is 161 Å². The molecule has 2 heterocycles. The van der Waals surface area contributed by atoms with Crippen LogP contribution in [0.5, 0.6) is 5.75 Å². The van der Waals surface area contributed by atoms with Crippen LogP contribution < -0.4 is 15.4 Å². The molecule has 13 heteroatoms. The monoisotopic (exact) mass is 633 g/mol. The van der Waals surface area contributed by atoms with E-state index in [0.29, 0.717) is 5.56 Å². The van der Waals surface area contributed by atoms with Crippen molar-refractivity contribution in [3.63, 3.8) is 0 Å². The number of hydrogen-bond donors (Lipinski definition) is 3. The molecule has 3 aromatic carbocycles. The highest BCUT2D eigenvalue weighted by Crippen LogP contribution is 2.50. The Balaban J connectivity index is 1.27. The molecule has 2 saturated heterocycles. The van der Waals surface area contributed by atoms with E-state index >= 15 is 0 Å². The minimum absolute atomic E-state index is 0.0238. The summed E-state index contributed by atoms with van der Waals surface area (Å²) >= 11 is 1.28. The number of nitrogens with zero attached hydrogens (tertiary/aromatic N) is 1. The summed E-state index contributed by atoms with van der Waals surface area (Å²) in [7, 11) is 0. The summed E-state index contributed by atoms with van der Waals surface area (Å²) in [6, 6.07) is 20.5. The Bertz CT molecular complexity index is 1570. The zero-order chi connectivity index (χ0) is 32.1. The molecule has 4 atom stereocenters. The van der Waals surface area contributed by atoms with Gasteiger partial charge in [-0.3, -0.25) is 9.59 Å². The Hall–Kier alpha value is -5.04. The van der Waals surface area contributed by atoms with Crippen molar-refractivity contribution in [3.05, 3.63) is 102 Å². The zero-order valence-electron chi connectivity index (χ0n) is 24.4. The molecule has 45 heavy (non-hydrogen) atoms. The number of carbonyl (C=O) groups excluding carboxylic acids is 4. The minimum atomic E-state index is -1.30. The van der Waals surface area contributed by atoms with Gasteiger partial charge in [-0.2, -0.15) is 0 Å². The third-order valence-corrected chi connectivity index (χ3v) is 8.90. The number of alkyl carbamates (subject to hydrolysis) is 1. The first-order valence-electron chi connectivity index (χ1n) is 14.0. The number of rotatable bonds is 10. The second-order valence-corrected chi connectivity index (χ2v) is 12.7. The van der Waals surface area contributed by atoms with Crippen LogP contribution in [0.15, 0.2) is 84.9 Å². The van der Waals surface area contributed by atoms with Crippen LogP contribution in [0, 0.1) is 0 Å². The number of β-lactam (4-membered cyclic amide) rings is 1. The Morgan fingerprint density at radius 1 is 0.889 bits per heavy atom.